The lowest BCUT2D eigenvalue weighted by atomic mass is 9.86. The van der Waals surface area contributed by atoms with Gasteiger partial charge in [0.2, 0.25) is 5.91 Å². The Kier molecular flexibility index (Phi) is 9.05. The number of carbonyl (C=O) groups excluding carboxylic acids is 4. The normalized spacial score (nSPS) is 12.9. The molecule has 3 aromatic carbocycles. The van der Waals surface area contributed by atoms with Crippen molar-refractivity contribution < 1.29 is 29.0 Å². The number of benzene rings is 3. The molecule has 3 aromatic rings. The van der Waals surface area contributed by atoms with Gasteiger partial charge in [-0.05, 0) is 60.2 Å². The molecule has 0 heterocycles. The monoisotopic (exact) mass is 495 g/mol. The number of esters is 1. The third-order valence-corrected chi connectivity index (χ3v) is 5.22. The number of rotatable bonds is 6. The van der Waals surface area contributed by atoms with Gasteiger partial charge in [-0.2, -0.15) is 0 Å². The summed E-state index contributed by atoms with van der Waals surface area (Å²) in [6, 6.07) is 22.0. The number of carbonyl (C=O) groups is 4. The molecule has 0 spiro atoms. The predicted octanol–water partition coefficient (Wildman–Crippen LogP) is 5.16. The Bertz CT molecular complexity index is 1370. The topological polar surface area (TPSA) is 110 Å². The van der Waals surface area contributed by atoms with Crippen molar-refractivity contribution in [2.45, 2.75) is 12.8 Å². The van der Waals surface area contributed by atoms with Gasteiger partial charge in [-0.1, -0.05) is 48.5 Å². The maximum absolute atomic E-state index is 11.8. The first kappa shape index (κ1) is 26.6. The number of hydrogen-bond acceptors (Lipinski definition) is 6. The second-order valence-corrected chi connectivity index (χ2v) is 7.94. The average molecular weight is 496 g/mol. The number of nitrogens with one attached hydrogen (secondary N) is 1. The van der Waals surface area contributed by atoms with Crippen molar-refractivity contribution in [3.8, 4) is 11.5 Å². The number of amides is 1. The smallest absolute Gasteiger partial charge is 0.347 e. The highest BCUT2D eigenvalue weighted by atomic mass is 16.5. The standard InChI is InChI=1S/C15H13NO4.C15H12O2/c1-10(17)16-11-6-8-12(9-7-11)20-15(19)13-4-2-3-5-14(13)18;1-2-13(11-6-4-3-5-7-11)14-10-12(16)8-9-15(14)17/h2-9,18H,1H3,(H,16,17);2-10,13H,1H2. The van der Waals surface area contributed by atoms with Gasteiger partial charge in [0.1, 0.15) is 17.1 Å². The van der Waals surface area contributed by atoms with E-state index in [1.807, 2.05) is 30.3 Å². The molecule has 7 nitrogen and oxygen atoms in total. The van der Waals surface area contributed by atoms with Crippen molar-refractivity contribution in [1.29, 1.82) is 0 Å². The van der Waals surface area contributed by atoms with Gasteiger partial charge in [-0.15, -0.1) is 6.58 Å². The summed E-state index contributed by atoms with van der Waals surface area (Å²) < 4.78 is 5.13. The third-order valence-electron chi connectivity index (χ3n) is 5.22. The fourth-order valence-corrected chi connectivity index (χ4v) is 3.49. The zero-order valence-corrected chi connectivity index (χ0v) is 20.1. The molecule has 1 unspecified atom stereocenters. The van der Waals surface area contributed by atoms with Gasteiger partial charge in [0, 0.05) is 24.1 Å². The van der Waals surface area contributed by atoms with Gasteiger partial charge < -0.3 is 15.2 Å². The zero-order valence-electron chi connectivity index (χ0n) is 20.1. The van der Waals surface area contributed by atoms with Gasteiger partial charge in [0.15, 0.2) is 11.6 Å². The highest BCUT2D eigenvalue weighted by molar-refractivity contribution is 6.18. The molecule has 0 bridgehead atoms. The summed E-state index contributed by atoms with van der Waals surface area (Å²) in [6.45, 7) is 5.15. The number of phenolic OH excluding ortho intramolecular Hbond substituents is 1. The third kappa shape index (κ3) is 7.47. The van der Waals surface area contributed by atoms with Crippen LogP contribution in [0, 0.1) is 0 Å². The van der Waals surface area contributed by atoms with Gasteiger partial charge >= 0.3 is 5.97 Å². The highest BCUT2D eigenvalue weighted by Crippen LogP contribution is 2.28. The van der Waals surface area contributed by atoms with Crippen LogP contribution in [-0.4, -0.2) is 28.5 Å². The molecule has 0 radical (unpaired) electrons. The average Bonchev–Trinajstić information content (AvgIpc) is 2.89. The zero-order chi connectivity index (χ0) is 26.8. The van der Waals surface area contributed by atoms with E-state index < -0.39 is 5.97 Å². The summed E-state index contributed by atoms with van der Waals surface area (Å²) >= 11 is 0. The van der Waals surface area contributed by atoms with Gasteiger partial charge in [0.25, 0.3) is 0 Å². The van der Waals surface area contributed by atoms with Gasteiger partial charge in [-0.25, -0.2) is 4.79 Å². The number of aromatic hydroxyl groups is 1. The fraction of sp³-hybridized carbons (Fsp3) is 0.0667. The fourth-order valence-electron chi connectivity index (χ4n) is 3.49. The van der Waals surface area contributed by atoms with E-state index in [2.05, 4.69) is 11.9 Å². The van der Waals surface area contributed by atoms with E-state index in [0.717, 1.165) is 5.56 Å². The molecule has 0 aliphatic heterocycles. The summed E-state index contributed by atoms with van der Waals surface area (Å²) in [7, 11) is 0. The van der Waals surface area contributed by atoms with Crippen molar-refractivity contribution in [3.63, 3.8) is 0 Å². The van der Waals surface area contributed by atoms with Crippen LogP contribution in [0.4, 0.5) is 5.69 Å². The quantitative estimate of drug-likeness (QED) is 0.212. The lowest BCUT2D eigenvalue weighted by molar-refractivity contribution is -0.114. The van der Waals surface area contributed by atoms with Crippen molar-refractivity contribution in [1.82, 2.24) is 0 Å². The molecular weight excluding hydrogens is 470 g/mol. The number of para-hydroxylation sites is 1. The van der Waals surface area contributed by atoms with Gasteiger partial charge in [-0.3, -0.25) is 14.4 Å². The van der Waals surface area contributed by atoms with Gasteiger partial charge in [0.05, 0.1) is 0 Å². The number of ketones is 2. The van der Waals surface area contributed by atoms with E-state index in [-0.39, 0.29) is 34.7 Å². The number of phenols is 1. The summed E-state index contributed by atoms with van der Waals surface area (Å²) in [6.07, 6.45) is 5.68. The summed E-state index contributed by atoms with van der Waals surface area (Å²) in [5, 5.41) is 12.2. The summed E-state index contributed by atoms with van der Waals surface area (Å²) in [4.78, 5) is 45.8. The Hall–Kier alpha value is -5.04. The number of ether oxygens (including phenoxy) is 1. The Morgan fingerprint density at radius 2 is 1.57 bits per heavy atom. The van der Waals surface area contributed by atoms with Crippen LogP contribution >= 0.6 is 0 Å². The Morgan fingerprint density at radius 3 is 2.19 bits per heavy atom. The van der Waals surface area contributed by atoms with E-state index in [4.69, 9.17) is 4.74 Å². The Balaban J connectivity index is 0.000000208. The first-order valence-corrected chi connectivity index (χ1v) is 11.3. The van der Waals surface area contributed by atoms with E-state index >= 15 is 0 Å². The van der Waals surface area contributed by atoms with Crippen LogP contribution in [0.3, 0.4) is 0 Å². The summed E-state index contributed by atoms with van der Waals surface area (Å²) in [5.41, 5.74) is 2.15. The molecular formula is C30H25NO6. The molecule has 4 rings (SSSR count). The molecule has 1 atom stereocenters. The van der Waals surface area contributed by atoms with E-state index in [1.54, 1.807) is 42.5 Å². The highest BCUT2D eigenvalue weighted by Gasteiger charge is 2.21. The lowest BCUT2D eigenvalue weighted by Gasteiger charge is -2.16. The largest absolute Gasteiger partial charge is 0.507 e. The van der Waals surface area contributed by atoms with Crippen LogP contribution in [0.1, 0.15) is 28.8 Å². The molecule has 1 aliphatic rings. The predicted molar refractivity (Wildman–Crippen MR) is 140 cm³/mol. The minimum atomic E-state index is -0.643. The van der Waals surface area contributed by atoms with Crippen LogP contribution in [0.15, 0.2) is 115 Å². The second-order valence-electron chi connectivity index (χ2n) is 7.94. The van der Waals surface area contributed by atoms with Crippen LogP contribution in [-0.2, 0) is 14.4 Å². The van der Waals surface area contributed by atoms with Crippen LogP contribution in [0.2, 0.25) is 0 Å². The first-order valence-electron chi connectivity index (χ1n) is 11.3. The van der Waals surface area contributed by atoms with Crippen LogP contribution < -0.4 is 10.1 Å². The number of allylic oxidation sites excluding steroid dienone is 5. The van der Waals surface area contributed by atoms with Crippen molar-refractivity contribution in [3.05, 3.63) is 126 Å². The molecule has 1 amide bonds. The molecule has 7 heteroatoms. The minimum Gasteiger partial charge on any atom is -0.507 e. The Labute approximate surface area is 214 Å². The van der Waals surface area contributed by atoms with E-state index in [1.165, 1.54) is 37.3 Å². The maximum Gasteiger partial charge on any atom is 0.347 e. The van der Waals surface area contributed by atoms with Crippen molar-refractivity contribution in [2.75, 3.05) is 5.32 Å². The Morgan fingerprint density at radius 1 is 0.919 bits per heavy atom. The molecule has 0 saturated heterocycles. The molecule has 0 saturated carbocycles. The molecule has 37 heavy (non-hydrogen) atoms. The molecule has 1 aliphatic carbocycles. The minimum absolute atomic E-state index is 0.0958. The number of hydrogen-bond donors (Lipinski definition) is 2. The van der Waals surface area contributed by atoms with E-state index in [9.17, 15) is 24.3 Å². The van der Waals surface area contributed by atoms with Crippen molar-refractivity contribution >= 4 is 29.1 Å². The SMILES string of the molecule is C=CC(C1=CC(=O)C=CC1=O)c1ccccc1.CC(=O)Nc1ccc(OC(=O)c2ccccc2O)cc1. The van der Waals surface area contributed by atoms with Crippen LogP contribution in [0.25, 0.3) is 0 Å². The first-order chi connectivity index (χ1) is 17.8. The molecule has 2 N–H and O–H groups in total. The van der Waals surface area contributed by atoms with Crippen LogP contribution in [0.5, 0.6) is 11.5 Å². The lowest BCUT2D eigenvalue weighted by Crippen LogP contribution is -2.13. The van der Waals surface area contributed by atoms with E-state index in [0.29, 0.717) is 17.0 Å². The molecule has 0 fully saturated rings. The molecule has 0 aromatic heterocycles. The summed E-state index contributed by atoms with van der Waals surface area (Å²) in [5.74, 6) is -1.13. The van der Waals surface area contributed by atoms with Crippen molar-refractivity contribution in [2.24, 2.45) is 0 Å². The molecule has 186 valence electrons. The maximum atomic E-state index is 11.8. The second kappa shape index (κ2) is 12.6. The number of anilines is 1.